The third-order valence-corrected chi connectivity index (χ3v) is 4.05. The van der Waals surface area contributed by atoms with Gasteiger partial charge in [0.1, 0.15) is 0 Å². The molecule has 0 aromatic heterocycles. The molecule has 2 aromatic rings. The molecule has 2 unspecified atom stereocenters. The SMILES string of the molecule is COc1cc(C(O)C(C)CCc2ccccc2)ccc1OC(C)=O. The summed E-state index contributed by atoms with van der Waals surface area (Å²) in [6, 6.07) is 15.4. The summed E-state index contributed by atoms with van der Waals surface area (Å²) < 4.78 is 10.3. The molecule has 0 aliphatic carbocycles. The number of hydrogen-bond acceptors (Lipinski definition) is 4. The molecule has 0 heterocycles. The second-order valence-electron chi connectivity index (χ2n) is 5.95. The summed E-state index contributed by atoms with van der Waals surface area (Å²) in [5.41, 5.74) is 2.02. The van der Waals surface area contributed by atoms with Gasteiger partial charge in [-0.05, 0) is 42.0 Å². The Bertz CT molecular complexity index is 667. The van der Waals surface area contributed by atoms with Crippen molar-refractivity contribution in [3.8, 4) is 11.5 Å². The first-order valence-corrected chi connectivity index (χ1v) is 8.09. The van der Waals surface area contributed by atoms with Crippen molar-refractivity contribution in [1.82, 2.24) is 0 Å². The van der Waals surface area contributed by atoms with Crippen LogP contribution in [-0.4, -0.2) is 18.2 Å². The Balaban J connectivity index is 2.05. The predicted molar refractivity (Wildman–Crippen MR) is 93.2 cm³/mol. The number of carbonyl (C=O) groups excluding carboxylic acids is 1. The number of aryl methyl sites for hydroxylation is 1. The average molecular weight is 328 g/mol. The van der Waals surface area contributed by atoms with E-state index in [0.717, 1.165) is 18.4 Å². The predicted octanol–water partition coefficient (Wildman–Crippen LogP) is 3.92. The lowest BCUT2D eigenvalue weighted by Crippen LogP contribution is -2.11. The van der Waals surface area contributed by atoms with Gasteiger partial charge >= 0.3 is 5.97 Å². The van der Waals surface area contributed by atoms with Crippen LogP contribution in [0.1, 0.15) is 37.5 Å². The molecule has 2 rings (SSSR count). The highest BCUT2D eigenvalue weighted by Crippen LogP contribution is 2.33. The molecule has 4 heteroatoms. The number of hydrogen-bond donors (Lipinski definition) is 1. The number of methoxy groups -OCH3 is 1. The largest absolute Gasteiger partial charge is 0.493 e. The summed E-state index contributed by atoms with van der Waals surface area (Å²) in [6.07, 6.45) is 1.19. The summed E-state index contributed by atoms with van der Waals surface area (Å²) >= 11 is 0. The number of ether oxygens (including phenoxy) is 2. The number of aliphatic hydroxyl groups excluding tert-OH is 1. The highest BCUT2D eigenvalue weighted by molar-refractivity contribution is 5.70. The van der Waals surface area contributed by atoms with E-state index in [0.29, 0.717) is 11.5 Å². The van der Waals surface area contributed by atoms with Gasteiger partial charge in [0.2, 0.25) is 0 Å². The van der Waals surface area contributed by atoms with E-state index < -0.39 is 12.1 Å². The Morgan fingerprint density at radius 3 is 2.46 bits per heavy atom. The smallest absolute Gasteiger partial charge is 0.308 e. The molecule has 0 aliphatic heterocycles. The summed E-state index contributed by atoms with van der Waals surface area (Å²) in [5, 5.41) is 10.6. The summed E-state index contributed by atoms with van der Waals surface area (Å²) in [7, 11) is 1.51. The molecule has 0 fully saturated rings. The van der Waals surface area contributed by atoms with Gasteiger partial charge in [0.25, 0.3) is 0 Å². The van der Waals surface area contributed by atoms with Crippen LogP contribution < -0.4 is 9.47 Å². The van der Waals surface area contributed by atoms with E-state index in [-0.39, 0.29) is 5.92 Å². The van der Waals surface area contributed by atoms with E-state index in [1.165, 1.54) is 19.6 Å². The summed E-state index contributed by atoms with van der Waals surface area (Å²) in [5.74, 6) is 0.488. The van der Waals surface area contributed by atoms with E-state index in [2.05, 4.69) is 12.1 Å². The number of esters is 1. The van der Waals surface area contributed by atoms with Gasteiger partial charge in [-0.15, -0.1) is 0 Å². The molecule has 128 valence electrons. The maximum atomic E-state index is 11.1. The first kappa shape index (κ1) is 18.0. The maximum absolute atomic E-state index is 11.1. The fraction of sp³-hybridized carbons (Fsp3) is 0.350. The van der Waals surface area contributed by atoms with Crippen LogP contribution in [-0.2, 0) is 11.2 Å². The van der Waals surface area contributed by atoms with E-state index in [9.17, 15) is 9.90 Å². The zero-order valence-electron chi connectivity index (χ0n) is 14.4. The number of benzene rings is 2. The van der Waals surface area contributed by atoms with Crippen molar-refractivity contribution in [3.05, 3.63) is 59.7 Å². The van der Waals surface area contributed by atoms with Gasteiger partial charge in [0, 0.05) is 6.92 Å². The summed E-state index contributed by atoms with van der Waals surface area (Å²) in [4.78, 5) is 11.1. The summed E-state index contributed by atoms with van der Waals surface area (Å²) in [6.45, 7) is 3.37. The highest BCUT2D eigenvalue weighted by atomic mass is 16.6. The Morgan fingerprint density at radius 1 is 1.12 bits per heavy atom. The van der Waals surface area contributed by atoms with Crippen molar-refractivity contribution >= 4 is 5.97 Å². The van der Waals surface area contributed by atoms with Gasteiger partial charge in [-0.1, -0.05) is 43.3 Å². The second kappa shape index (κ2) is 8.50. The minimum absolute atomic E-state index is 0.0921. The fourth-order valence-electron chi connectivity index (χ4n) is 2.63. The Morgan fingerprint density at radius 2 is 1.83 bits per heavy atom. The first-order valence-electron chi connectivity index (χ1n) is 8.09. The molecule has 0 aliphatic rings. The van der Waals surface area contributed by atoms with Crippen molar-refractivity contribution in [2.45, 2.75) is 32.8 Å². The third kappa shape index (κ3) is 4.83. The van der Waals surface area contributed by atoms with E-state index >= 15 is 0 Å². The number of aliphatic hydroxyl groups is 1. The molecule has 2 atom stereocenters. The zero-order chi connectivity index (χ0) is 17.5. The van der Waals surface area contributed by atoms with Crippen molar-refractivity contribution in [2.75, 3.05) is 7.11 Å². The van der Waals surface area contributed by atoms with Crippen LogP contribution in [0.5, 0.6) is 11.5 Å². The molecule has 0 saturated carbocycles. The normalized spacial score (nSPS) is 13.2. The first-order chi connectivity index (χ1) is 11.5. The Hall–Kier alpha value is -2.33. The van der Waals surface area contributed by atoms with Crippen LogP contribution in [0.15, 0.2) is 48.5 Å². The minimum atomic E-state index is -0.603. The van der Waals surface area contributed by atoms with Gasteiger partial charge in [-0.3, -0.25) is 4.79 Å². The van der Waals surface area contributed by atoms with Crippen LogP contribution in [0.4, 0.5) is 0 Å². The quantitative estimate of drug-likeness (QED) is 0.618. The molecule has 4 nitrogen and oxygen atoms in total. The molecule has 0 amide bonds. The topological polar surface area (TPSA) is 55.8 Å². The zero-order valence-corrected chi connectivity index (χ0v) is 14.4. The number of rotatable bonds is 7. The van der Waals surface area contributed by atoms with E-state index in [4.69, 9.17) is 9.47 Å². The van der Waals surface area contributed by atoms with Crippen LogP contribution in [0.3, 0.4) is 0 Å². The van der Waals surface area contributed by atoms with Crippen LogP contribution in [0.2, 0.25) is 0 Å². The van der Waals surface area contributed by atoms with Gasteiger partial charge < -0.3 is 14.6 Å². The van der Waals surface area contributed by atoms with Crippen molar-refractivity contribution in [3.63, 3.8) is 0 Å². The van der Waals surface area contributed by atoms with Gasteiger partial charge in [0.15, 0.2) is 11.5 Å². The van der Waals surface area contributed by atoms with Crippen LogP contribution >= 0.6 is 0 Å². The molecular weight excluding hydrogens is 304 g/mol. The molecular formula is C20H24O4. The molecule has 24 heavy (non-hydrogen) atoms. The highest BCUT2D eigenvalue weighted by Gasteiger charge is 2.19. The number of carbonyl (C=O) groups is 1. The lowest BCUT2D eigenvalue weighted by atomic mass is 9.91. The maximum Gasteiger partial charge on any atom is 0.308 e. The van der Waals surface area contributed by atoms with Gasteiger partial charge in [0.05, 0.1) is 13.2 Å². The second-order valence-corrected chi connectivity index (χ2v) is 5.95. The third-order valence-electron chi connectivity index (χ3n) is 4.05. The lowest BCUT2D eigenvalue weighted by Gasteiger charge is -2.20. The monoisotopic (exact) mass is 328 g/mol. The van der Waals surface area contributed by atoms with Crippen LogP contribution in [0, 0.1) is 5.92 Å². The lowest BCUT2D eigenvalue weighted by molar-refractivity contribution is -0.132. The van der Waals surface area contributed by atoms with Gasteiger partial charge in [-0.2, -0.15) is 0 Å². The molecule has 0 saturated heterocycles. The minimum Gasteiger partial charge on any atom is -0.493 e. The molecule has 0 radical (unpaired) electrons. The van der Waals surface area contributed by atoms with Crippen LogP contribution in [0.25, 0.3) is 0 Å². The molecule has 0 bridgehead atoms. The van der Waals surface area contributed by atoms with Crippen molar-refractivity contribution in [1.29, 1.82) is 0 Å². The average Bonchev–Trinajstić information content (AvgIpc) is 2.59. The van der Waals surface area contributed by atoms with Crippen molar-refractivity contribution < 1.29 is 19.4 Å². The standard InChI is InChI=1S/C20H24O4/c1-14(9-10-16-7-5-4-6-8-16)20(22)17-11-12-18(24-15(2)21)19(13-17)23-3/h4-8,11-14,20,22H,9-10H2,1-3H3. The molecule has 2 aromatic carbocycles. The van der Waals surface area contributed by atoms with E-state index in [1.807, 2.05) is 25.1 Å². The molecule has 1 N–H and O–H groups in total. The van der Waals surface area contributed by atoms with Gasteiger partial charge in [-0.25, -0.2) is 0 Å². The van der Waals surface area contributed by atoms with E-state index in [1.54, 1.807) is 18.2 Å². The molecule has 0 spiro atoms. The Kier molecular flexibility index (Phi) is 6.38. The Labute approximate surface area is 143 Å². The fourth-order valence-corrected chi connectivity index (χ4v) is 2.63. The van der Waals surface area contributed by atoms with Crippen molar-refractivity contribution in [2.24, 2.45) is 5.92 Å².